The lowest BCUT2D eigenvalue weighted by atomic mass is 9.87. The molecule has 11 heteroatoms. The Labute approximate surface area is 229 Å². The van der Waals surface area contributed by atoms with Gasteiger partial charge in [0.2, 0.25) is 11.8 Å². The van der Waals surface area contributed by atoms with Crippen molar-refractivity contribution in [3.63, 3.8) is 0 Å². The van der Waals surface area contributed by atoms with Crippen LogP contribution in [0.1, 0.15) is 81.1 Å². The van der Waals surface area contributed by atoms with Gasteiger partial charge in [-0.3, -0.25) is 9.59 Å². The van der Waals surface area contributed by atoms with Gasteiger partial charge in [-0.2, -0.15) is 0 Å². The van der Waals surface area contributed by atoms with E-state index in [9.17, 15) is 22.8 Å². The number of ether oxygens (including phenoxy) is 2. The van der Waals surface area contributed by atoms with Gasteiger partial charge in [-0.25, -0.2) is 22.9 Å². The molecule has 2 aromatic rings. The van der Waals surface area contributed by atoms with Gasteiger partial charge in [-0.1, -0.05) is 45.2 Å². The molecule has 0 unspecified atom stereocenters. The van der Waals surface area contributed by atoms with E-state index in [4.69, 9.17) is 9.47 Å². The van der Waals surface area contributed by atoms with E-state index in [0.29, 0.717) is 43.7 Å². The summed E-state index contributed by atoms with van der Waals surface area (Å²) in [6.45, 7) is 4.17. The van der Waals surface area contributed by atoms with Crippen LogP contribution in [0.2, 0.25) is 0 Å². The lowest BCUT2D eigenvalue weighted by molar-refractivity contribution is -0.122. The van der Waals surface area contributed by atoms with Crippen molar-refractivity contribution in [3.8, 4) is 5.88 Å². The number of carbonyl (C=O) groups is 3. The molecule has 39 heavy (non-hydrogen) atoms. The van der Waals surface area contributed by atoms with Gasteiger partial charge in [0.25, 0.3) is 15.9 Å². The first-order valence-electron chi connectivity index (χ1n) is 13.5. The number of nitrogens with zero attached hydrogens (tertiary/aromatic N) is 1. The number of nitrogens with one attached hydrogen (secondary N) is 2. The summed E-state index contributed by atoms with van der Waals surface area (Å²) >= 11 is 0. The lowest BCUT2D eigenvalue weighted by Crippen LogP contribution is -2.31. The minimum absolute atomic E-state index is 0.0194. The zero-order valence-electron chi connectivity index (χ0n) is 22.5. The van der Waals surface area contributed by atoms with Crippen molar-refractivity contribution in [1.82, 2.24) is 15.0 Å². The Balaban J connectivity index is 1.51. The van der Waals surface area contributed by atoms with E-state index in [0.717, 1.165) is 19.0 Å². The maximum Gasteiger partial charge on any atom is 0.515 e. The molecule has 0 spiro atoms. The highest BCUT2D eigenvalue weighted by atomic mass is 32.2. The van der Waals surface area contributed by atoms with Gasteiger partial charge in [0.1, 0.15) is 6.10 Å². The van der Waals surface area contributed by atoms with Crippen molar-refractivity contribution in [2.24, 2.45) is 5.92 Å². The zero-order valence-corrected chi connectivity index (χ0v) is 23.3. The van der Waals surface area contributed by atoms with Gasteiger partial charge in [-0.15, -0.1) is 0 Å². The summed E-state index contributed by atoms with van der Waals surface area (Å²) in [5, 5.41) is 2.92. The Morgan fingerprint density at radius 2 is 1.79 bits per heavy atom. The molecule has 2 amide bonds. The highest BCUT2D eigenvalue weighted by Gasteiger charge is 2.21. The molecule has 1 fully saturated rings. The molecule has 1 saturated carbocycles. The van der Waals surface area contributed by atoms with Gasteiger partial charge >= 0.3 is 6.16 Å². The molecule has 2 N–H and O–H groups in total. The maximum atomic E-state index is 12.8. The minimum atomic E-state index is -4.16. The van der Waals surface area contributed by atoms with Crippen LogP contribution in [0, 0.1) is 5.92 Å². The first-order valence-corrected chi connectivity index (χ1v) is 15.0. The fourth-order valence-corrected chi connectivity index (χ4v) is 5.50. The molecule has 0 atom stereocenters. The summed E-state index contributed by atoms with van der Waals surface area (Å²) in [6.07, 6.45) is 8.02. The van der Waals surface area contributed by atoms with Gasteiger partial charge in [0, 0.05) is 25.2 Å². The van der Waals surface area contributed by atoms with Crippen LogP contribution in [0.25, 0.3) is 0 Å². The van der Waals surface area contributed by atoms with Crippen LogP contribution < -0.4 is 14.8 Å². The van der Waals surface area contributed by atoms with Crippen LogP contribution >= 0.6 is 0 Å². The second-order valence-electron chi connectivity index (χ2n) is 9.68. The molecule has 1 heterocycles. The van der Waals surface area contributed by atoms with Crippen molar-refractivity contribution < 1.29 is 32.3 Å². The monoisotopic (exact) mass is 559 g/mol. The number of hydrogen-bond donors (Lipinski definition) is 2. The van der Waals surface area contributed by atoms with Crippen LogP contribution in [0.4, 0.5) is 4.79 Å². The zero-order chi connectivity index (χ0) is 28.3. The highest BCUT2D eigenvalue weighted by molar-refractivity contribution is 7.90. The average molecular weight is 560 g/mol. The van der Waals surface area contributed by atoms with Crippen molar-refractivity contribution in [3.05, 3.63) is 53.7 Å². The third-order valence-electron chi connectivity index (χ3n) is 6.73. The highest BCUT2D eigenvalue weighted by Crippen LogP contribution is 2.26. The Hall–Kier alpha value is -3.47. The molecule has 1 aromatic heterocycles. The third kappa shape index (κ3) is 9.65. The van der Waals surface area contributed by atoms with Crippen molar-refractivity contribution in [2.75, 3.05) is 6.54 Å². The first kappa shape index (κ1) is 30.1. The average Bonchev–Trinajstić information content (AvgIpc) is 2.92. The van der Waals surface area contributed by atoms with Crippen LogP contribution in [0.5, 0.6) is 5.88 Å². The van der Waals surface area contributed by atoms with E-state index >= 15 is 0 Å². The summed E-state index contributed by atoms with van der Waals surface area (Å²) in [4.78, 5) is 40.5. The predicted octanol–water partition coefficient (Wildman–Crippen LogP) is 4.53. The fourth-order valence-electron chi connectivity index (χ4n) is 4.46. The number of rotatable bonds is 12. The quantitative estimate of drug-likeness (QED) is 0.361. The van der Waals surface area contributed by atoms with Crippen molar-refractivity contribution in [1.29, 1.82) is 0 Å². The van der Waals surface area contributed by atoms with E-state index in [2.05, 4.69) is 10.3 Å². The summed E-state index contributed by atoms with van der Waals surface area (Å²) in [5.74, 6) is -0.491. The second-order valence-corrected chi connectivity index (χ2v) is 11.4. The Kier molecular flexibility index (Phi) is 11.3. The van der Waals surface area contributed by atoms with E-state index < -0.39 is 22.1 Å². The minimum Gasteiger partial charge on any atom is -0.431 e. The van der Waals surface area contributed by atoms with E-state index in [-0.39, 0.29) is 28.4 Å². The predicted molar refractivity (Wildman–Crippen MR) is 145 cm³/mol. The van der Waals surface area contributed by atoms with Gasteiger partial charge < -0.3 is 14.8 Å². The Morgan fingerprint density at radius 1 is 1.05 bits per heavy atom. The molecule has 3 rings (SSSR count). The number of aromatic nitrogens is 1. The topological polar surface area (TPSA) is 141 Å². The lowest BCUT2D eigenvalue weighted by Gasteiger charge is -2.20. The van der Waals surface area contributed by atoms with Gasteiger partial charge in [0.05, 0.1) is 10.5 Å². The number of pyridine rings is 1. The first-order chi connectivity index (χ1) is 18.7. The SMILES string of the molecule is CCC(CC)OC(=O)Oc1ccc(C(=O)NS(=O)(=O)c2cccc(CCNC(=O)CC3CCCCC3)c2)cn1. The number of carbonyl (C=O) groups excluding carboxylic acids is 3. The molecular weight excluding hydrogens is 522 g/mol. The molecule has 1 aliphatic rings. The molecule has 0 saturated heterocycles. The fraction of sp³-hybridized carbons (Fsp3) is 0.500. The van der Waals surface area contributed by atoms with Crippen LogP contribution in [0.3, 0.4) is 0 Å². The third-order valence-corrected chi connectivity index (χ3v) is 8.06. The molecule has 0 aliphatic heterocycles. The summed E-state index contributed by atoms with van der Waals surface area (Å²) in [6, 6.07) is 8.80. The van der Waals surface area contributed by atoms with Crippen molar-refractivity contribution >= 4 is 28.0 Å². The number of amides is 2. The molecule has 1 aliphatic carbocycles. The van der Waals surface area contributed by atoms with Crippen LogP contribution in [-0.2, 0) is 26.0 Å². The smallest absolute Gasteiger partial charge is 0.431 e. The number of sulfonamides is 1. The molecule has 0 bridgehead atoms. The molecule has 0 radical (unpaired) electrons. The number of hydrogen-bond acceptors (Lipinski definition) is 8. The summed E-state index contributed by atoms with van der Waals surface area (Å²) in [7, 11) is -4.16. The van der Waals surface area contributed by atoms with Crippen molar-refractivity contribution in [2.45, 2.75) is 82.6 Å². The van der Waals surface area contributed by atoms with E-state index in [1.54, 1.807) is 12.1 Å². The second kappa shape index (κ2) is 14.6. The molecule has 1 aromatic carbocycles. The summed E-state index contributed by atoms with van der Waals surface area (Å²) in [5.41, 5.74) is 0.683. The largest absolute Gasteiger partial charge is 0.515 e. The molecule has 212 valence electrons. The van der Waals surface area contributed by atoms with Crippen LogP contribution in [-0.4, -0.2) is 44.0 Å². The maximum absolute atomic E-state index is 12.8. The standard InChI is InChI=1S/C28H37N3O7S/c1-3-23(4-2)37-28(34)38-26-14-13-22(19-30-26)27(33)31-39(35,36)24-12-8-11-21(17-24)15-16-29-25(32)18-20-9-6-5-7-10-20/h8,11-14,17,19-20,23H,3-7,9-10,15-16,18H2,1-2H3,(H,29,32)(H,31,33). The Morgan fingerprint density at radius 3 is 2.46 bits per heavy atom. The van der Waals surface area contributed by atoms with Gasteiger partial charge in [0.15, 0.2) is 0 Å². The Bertz CT molecular complexity index is 1220. The number of benzene rings is 1. The molecule has 10 nitrogen and oxygen atoms in total. The van der Waals surface area contributed by atoms with Gasteiger partial charge in [-0.05, 0) is 61.8 Å². The van der Waals surface area contributed by atoms with E-state index in [1.165, 1.54) is 43.5 Å². The molecular formula is C28H37N3O7S. The normalized spacial score (nSPS) is 14.0. The van der Waals surface area contributed by atoms with E-state index in [1.807, 2.05) is 18.6 Å². The van der Waals surface area contributed by atoms with Crippen LogP contribution in [0.15, 0.2) is 47.5 Å². The summed E-state index contributed by atoms with van der Waals surface area (Å²) < 4.78 is 37.8.